The number of carbonyl (C=O) groups excluding carboxylic acids is 1. The molecule has 1 aliphatic rings. The molecule has 1 aliphatic heterocycles. The van der Waals surface area contributed by atoms with Gasteiger partial charge in [-0.1, -0.05) is 12.1 Å². The zero-order valence-corrected chi connectivity index (χ0v) is 16.7. The first-order valence-corrected chi connectivity index (χ1v) is 8.91. The third kappa shape index (κ3) is 4.98. The van der Waals surface area contributed by atoms with Gasteiger partial charge in [0.1, 0.15) is 11.4 Å². The molecule has 0 spiro atoms. The van der Waals surface area contributed by atoms with E-state index in [2.05, 4.69) is 5.32 Å². The molecule has 1 heterocycles. The summed E-state index contributed by atoms with van der Waals surface area (Å²) in [4.78, 5) is 11.6. The number of hydrogen-bond acceptors (Lipinski definition) is 4. The molecule has 1 saturated heterocycles. The molecule has 0 aromatic heterocycles. The van der Waals surface area contributed by atoms with Crippen molar-refractivity contribution in [1.29, 1.82) is 0 Å². The van der Waals surface area contributed by atoms with Crippen LogP contribution in [0.4, 0.5) is 9.18 Å². The summed E-state index contributed by atoms with van der Waals surface area (Å²) in [5.74, 6) is -0.344. The van der Waals surface area contributed by atoms with E-state index in [-0.39, 0.29) is 5.82 Å². The van der Waals surface area contributed by atoms with Gasteiger partial charge in [0.15, 0.2) is 0 Å². The quantitative estimate of drug-likeness (QED) is 0.833. The first-order chi connectivity index (χ1) is 11.8. The van der Waals surface area contributed by atoms with Gasteiger partial charge in [-0.15, -0.1) is 0 Å². The Morgan fingerprint density at radius 3 is 2.27 bits per heavy atom. The highest BCUT2D eigenvalue weighted by atomic mass is 19.1. The minimum atomic E-state index is -0.594. The van der Waals surface area contributed by atoms with Crippen LogP contribution < -0.4 is 10.8 Å². The molecule has 0 unspecified atom stereocenters. The zero-order valence-electron chi connectivity index (χ0n) is 16.7. The predicted molar refractivity (Wildman–Crippen MR) is 100 cm³/mol. The van der Waals surface area contributed by atoms with Gasteiger partial charge in [0.2, 0.25) is 0 Å². The molecular formula is C19H29BFNO4. The van der Waals surface area contributed by atoms with Crippen molar-refractivity contribution in [2.45, 2.75) is 71.7 Å². The van der Waals surface area contributed by atoms with E-state index in [1.54, 1.807) is 32.9 Å². The van der Waals surface area contributed by atoms with Gasteiger partial charge in [0.25, 0.3) is 0 Å². The summed E-state index contributed by atoms with van der Waals surface area (Å²) in [5.41, 5.74) is -0.333. The highest BCUT2D eigenvalue weighted by molar-refractivity contribution is 6.62. The molecule has 1 fully saturated rings. The number of amides is 1. The maximum Gasteiger partial charge on any atom is 0.494 e. The third-order valence-electron chi connectivity index (χ3n) is 4.67. The lowest BCUT2D eigenvalue weighted by Crippen LogP contribution is -2.41. The molecule has 144 valence electrons. The molecule has 0 aliphatic carbocycles. The van der Waals surface area contributed by atoms with Gasteiger partial charge in [0.05, 0.1) is 11.2 Å². The number of hydrogen-bond donors (Lipinski definition) is 1. The van der Waals surface area contributed by atoms with Gasteiger partial charge < -0.3 is 19.4 Å². The van der Waals surface area contributed by atoms with Gasteiger partial charge in [-0.3, -0.25) is 0 Å². The second-order valence-electron chi connectivity index (χ2n) is 8.62. The fourth-order valence-electron chi connectivity index (χ4n) is 2.51. The van der Waals surface area contributed by atoms with Crippen molar-refractivity contribution >= 4 is 18.7 Å². The van der Waals surface area contributed by atoms with E-state index in [0.29, 0.717) is 24.0 Å². The van der Waals surface area contributed by atoms with E-state index in [1.807, 2.05) is 27.7 Å². The highest BCUT2D eigenvalue weighted by Crippen LogP contribution is 2.36. The van der Waals surface area contributed by atoms with Gasteiger partial charge in [-0.2, -0.15) is 0 Å². The number of benzene rings is 1. The molecule has 1 amide bonds. The molecule has 0 bridgehead atoms. The smallest absolute Gasteiger partial charge is 0.444 e. The number of carbonyl (C=O) groups is 1. The van der Waals surface area contributed by atoms with E-state index in [9.17, 15) is 9.18 Å². The fraction of sp³-hybridized carbons (Fsp3) is 0.632. The Morgan fingerprint density at radius 2 is 1.77 bits per heavy atom. The van der Waals surface area contributed by atoms with Crippen LogP contribution >= 0.6 is 0 Å². The van der Waals surface area contributed by atoms with Crippen LogP contribution in [0.3, 0.4) is 0 Å². The molecule has 1 N–H and O–H groups in total. The number of halogens is 1. The Kier molecular flexibility index (Phi) is 5.73. The van der Waals surface area contributed by atoms with Crippen LogP contribution in [0.5, 0.6) is 0 Å². The minimum Gasteiger partial charge on any atom is -0.444 e. The monoisotopic (exact) mass is 365 g/mol. The summed E-state index contributed by atoms with van der Waals surface area (Å²) in [5, 5.41) is 2.63. The number of nitrogens with one attached hydrogen (secondary N) is 1. The molecule has 0 saturated carbocycles. The van der Waals surface area contributed by atoms with Crippen molar-refractivity contribution < 1.29 is 23.2 Å². The normalized spacial score (nSPS) is 18.7. The molecule has 1 aromatic carbocycles. The Morgan fingerprint density at radius 1 is 1.19 bits per heavy atom. The van der Waals surface area contributed by atoms with Gasteiger partial charge in [0, 0.05) is 6.54 Å². The first kappa shape index (κ1) is 20.7. The van der Waals surface area contributed by atoms with E-state index in [4.69, 9.17) is 14.0 Å². The van der Waals surface area contributed by atoms with E-state index in [0.717, 1.165) is 0 Å². The standard InChI is InChI=1S/C19H29BFNO4/c1-17(2,3)24-16(23)22-11-10-13-8-9-14(12-15(13)21)20-25-18(4,5)19(6,7)26-20/h8-9,12H,10-11H2,1-7H3,(H,22,23). The summed E-state index contributed by atoms with van der Waals surface area (Å²) in [6.07, 6.45) is -0.138. The Balaban J connectivity index is 1.95. The summed E-state index contributed by atoms with van der Waals surface area (Å²) in [7, 11) is -0.594. The van der Waals surface area contributed by atoms with Crippen LogP contribution in [0.2, 0.25) is 0 Å². The Labute approximate surface area is 155 Å². The van der Waals surface area contributed by atoms with Crippen molar-refractivity contribution in [1.82, 2.24) is 5.32 Å². The number of alkyl carbamates (subject to hydrolysis) is 1. The Bertz CT molecular complexity index is 654. The molecule has 7 heteroatoms. The zero-order chi connectivity index (χ0) is 19.8. The molecule has 26 heavy (non-hydrogen) atoms. The second kappa shape index (κ2) is 7.20. The number of ether oxygens (including phenoxy) is 1. The van der Waals surface area contributed by atoms with Crippen molar-refractivity contribution in [3.8, 4) is 0 Å². The molecular weight excluding hydrogens is 336 g/mol. The van der Waals surface area contributed by atoms with E-state index in [1.165, 1.54) is 6.07 Å². The lowest BCUT2D eigenvalue weighted by atomic mass is 9.78. The predicted octanol–water partition coefficient (Wildman–Crippen LogP) is 3.19. The lowest BCUT2D eigenvalue weighted by Gasteiger charge is -2.32. The molecule has 1 aromatic rings. The average Bonchev–Trinajstić information content (AvgIpc) is 2.67. The maximum absolute atomic E-state index is 14.4. The van der Waals surface area contributed by atoms with Crippen LogP contribution in [-0.2, 0) is 20.5 Å². The van der Waals surface area contributed by atoms with Crippen molar-refractivity contribution in [2.24, 2.45) is 0 Å². The van der Waals surface area contributed by atoms with Crippen molar-refractivity contribution in [3.05, 3.63) is 29.6 Å². The van der Waals surface area contributed by atoms with Crippen LogP contribution in [-0.4, -0.2) is 36.6 Å². The summed E-state index contributed by atoms with van der Waals surface area (Å²) in [6, 6.07) is 4.94. The fourth-order valence-corrected chi connectivity index (χ4v) is 2.51. The lowest BCUT2D eigenvalue weighted by molar-refractivity contribution is 0.00578. The third-order valence-corrected chi connectivity index (χ3v) is 4.67. The van der Waals surface area contributed by atoms with Crippen LogP contribution in [0, 0.1) is 5.82 Å². The van der Waals surface area contributed by atoms with E-state index >= 15 is 0 Å². The number of rotatable bonds is 4. The van der Waals surface area contributed by atoms with E-state index < -0.39 is 30.0 Å². The molecule has 0 radical (unpaired) electrons. The SMILES string of the molecule is CC(C)(C)OC(=O)NCCc1ccc(B2OC(C)(C)C(C)(C)O2)cc1F. The average molecular weight is 365 g/mol. The molecule has 5 nitrogen and oxygen atoms in total. The topological polar surface area (TPSA) is 56.8 Å². The second-order valence-corrected chi connectivity index (χ2v) is 8.62. The first-order valence-electron chi connectivity index (χ1n) is 8.91. The van der Waals surface area contributed by atoms with Crippen LogP contribution in [0.25, 0.3) is 0 Å². The van der Waals surface area contributed by atoms with Gasteiger partial charge in [-0.25, -0.2) is 9.18 Å². The maximum atomic E-state index is 14.4. The molecule has 2 rings (SSSR count). The Hall–Kier alpha value is -1.60. The van der Waals surface area contributed by atoms with Gasteiger partial charge >= 0.3 is 13.2 Å². The molecule has 0 atom stereocenters. The van der Waals surface area contributed by atoms with Crippen LogP contribution in [0.15, 0.2) is 18.2 Å². The summed E-state index contributed by atoms with van der Waals surface area (Å²) >= 11 is 0. The minimum absolute atomic E-state index is 0.293. The largest absolute Gasteiger partial charge is 0.494 e. The van der Waals surface area contributed by atoms with Crippen molar-refractivity contribution in [3.63, 3.8) is 0 Å². The van der Waals surface area contributed by atoms with Gasteiger partial charge in [-0.05, 0) is 72.0 Å². The van der Waals surface area contributed by atoms with Crippen LogP contribution in [0.1, 0.15) is 54.0 Å². The summed E-state index contributed by atoms with van der Waals surface area (Å²) < 4.78 is 31.5. The summed E-state index contributed by atoms with van der Waals surface area (Å²) in [6.45, 7) is 13.5. The van der Waals surface area contributed by atoms with Crippen molar-refractivity contribution in [2.75, 3.05) is 6.54 Å². The highest BCUT2D eigenvalue weighted by Gasteiger charge is 2.51.